The van der Waals surface area contributed by atoms with E-state index in [1.165, 1.54) is 19.1 Å². The molecule has 0 bridgehead atoms. The van der Waals surface area contributed by atoms with Gasteiger partial charge in [-0.2, -0.15) is 13.2 Å². The fourth-order valence-electron chi connectivity index (χ4n) is 3.39. The second-order valence-electron chi connectivity index (χ2n) is 6.12. The Morgan fingerprint density at radius 2 is 1.96 bits per heavy atom. The van der Waals surface area contributed by atoms with Crippen LogP contribution in [0.5, 0.6) is 0 Å². The van der Waals surface area contributed by atoms with Gasteiger partial charge in [-0.15, -0.1) is 0 Å². The molecule has 0 aliphatic carbocycles. The second kappa shape index (κ2) is 6.93. The molecule has 7 heteroatoms. The quantitative estimate of drug-likeness (QED) is 0.808. The van der Waals surface area contributed by atoms with Crippen molar-refractivity contribution in [3.05, 3.63) is 34.4 Å². The molecule has 0 spiro atoms. The molecular weight excluding hydrogens is 321 g/mol. The van der Waals surface area contributed by atoms with Crippen molar-refractivity contribution in [3.63, 3.8) is 0 Å². The topological polar surface area (TPSA) is 72.2 Å². The van der Waals surface area contributed by atoms with Crippen molar-refractivity contribution in [1.29, 1.82) is 0 Å². The summed E-state index contributed by atoms with van der Waals surface area (Å²) in [5, 5.41) is 3.15. The van der Waals surface area contributed by atoms with Gasteiger partial charge in [-0.1, -0.05) is 13.0 Å². The zero-order valence-electron chi connectivity index (χ0n) is 13.7. The predicted octanol–water partition coefficient (Wildman–Crippen LogP) is 2.94. The van der Waals surface area contributed by atoms with Crippen LogP contribution in [0.2, 0.25) is 0 Å². The van der Waals surface area contributed by atoms with Gasteiger partial charge in [0.2, 0.25) is 5.91 Å². The number of nitrogens with one attached hydrogen (secondary N) is 1. The first kappa shape index (κ1) is 18.4. The molecule has 2 rings (SSSR count). The molecule has 1 aromatic carbocycles. The summed E-state index contributed by atoms with van der Waals surface area (Å²) in [7, 11) is 0. The number of hydrogen-bond donors (Lipinski definition) is 2. The fraction of sp³-hybridized carbons (Fsp3) is 0.529. The molecule has 0 saturated carbocycles. The lowest BCUT2D eigenvalue weighted by molar-refractivity contribution is -0.161. The molecule has 0 aromatic heterocycles. The van der Waals surface area contributed by atoms with Crippen molar-refractivity contribution in [3.8, 4) is 0 Å². The molecule has 2 unspecified atom stereocenters. The molecule has 1 aromatic rings. The van der Waals surface area contributed by atoms with Gasteiger partial charge >= 0.3 is 6.18 Å². The SMILES string of the molecule is CCC(C(=O)c1ccc(C(N)=O)c(C2CCNC2)c1C)C(F)(F)F. The number of amides is 1. The molecule has 2 atom stereocenters. The molecule has 0 radical (unpaired) electrons. The Bertz CT molecular complexity index is 650. The van der Waals surface area contributed by atoms with Gasteiger partial charge in [-0.05, 0) is 49.4 Å². The summed E-state index contributed by atoms with van der Waals surface area (Å²) in [4.78, 5) is 24.1. The van der Waals surface area contributed by atoms with E-state index in [0.29, 0.717) is 17.7 Å². The number of carbonyl (C=O) groups is 2. The zero-order chi connectivity index (χ0) is 18.1. The first-order valence-electron chi connectivity index (χ1n) is 7.93. The normalized spacial score (nSPS) is 19.3. The minimum absolute atomic E-state index is 0.0195. The van der Waals surface area contributed by atoms with Gasteiger partial charge in [-0.3, -0.25) is 9.59 Å². The number of halogens is 3. The largest absolute Gasteiger partial charge is 0.398 e. The van der Waals surface area contributed by atoms with Crippen LogP contribution >= 0.6 is 0 Å². The number of benzene rings is 1. The third kappa shape index (κ3) is 3.45. The summed E-state index contributed by atoms with van der Waals surface area (Å²) < 4.78 is 39.3. The van der Waals surface area contributed by atoms with Crippen molar-refractivity contribution in [2.45, 2.75) is 38.8 Å². The van der Waals surface area contributed by atoms with E-state index in [2.05, 4.69) is 5.32 Å². The van der Waals surface area contributed by atoms with Gasteiger partial charge < -0.3 is 11.1 Å². The van der Waals surface area contributed by atoms with Crippen molar-refractivity contribution in [2.24, 2.45) is 11.7 Å². The highest BCUT2D eigenvalue weighted by Gasteiger charge is 2.44. The molecule has 4 nitrogen and oxygen atoms in total. The van der Waals surface area contributed by atoms with Crippen LogP contribution in [0.3, 0.4) is 0 Å². The summed E-state index contributed by atoms with van der Waals surface area (Å²) in [6, 6.07) is 2.66. The minimum atomic E-state index is -4.59. The standard InChI is InChI=1S/C17H21F3N2O2/c1-3-13(17(18,19)20)15(23)11-4-5-12(16(21)24)14(9(11)2)10-6-7-22-8-10/h4-5,10,13,22H,3,6-8H2,1-2H3,(H2,21,24). The number of rotatable bonds is 5. The van der Waals surface area contributed by atoms with E-state index in [0.717, 1.165) is 13.0 Å². The Morgan fingerprint density at radius 3 is 2.42 bits per heavy atom. The van der Waals surface area contributed by atoms with E-state index in [-0.39, 0.29) is 23.5 Å². The van der Waals surface area contributed by atoms with Crippen LogP contribution in [-0.2, 0) is 0 Å². The molecule has 1 fully saturated rings. The highest BCUT2D eigenvalue weighted by atomic mass is 19.4. The molecular formula is C17H21F3N2O2. The third-order valence-corrected chi connectivity index (χ3v) is 4.63. The maximum atomic E-state index is 13.1. The number of alkyl halides is 3. The lowest BCUT2D eigenvalue weighted by atomic mass is 9.83. The number of Topliss-reactive ketones (excluding diaryl/α,β-unsaturated/α-hetero) is 1. The Labute approximate surface area is 138 Å². The predicted molar refractivity (Wildman–Crippen MR) is 84.1 cm³/mol. The average molecular weight is 342 g/mol. The summed E-state index contributed by atoms with van der Waals surface area (Å²) in [6.45, 7) is 4.29. The monoisotopic (exact) mass is 342 g/mol. The zero-order valence-corrected chi connectivity index (χ0v) is 13.7. The van der Waals surface area contributed by atoms with E-state index in [1.54, 1.807) is 6.92 Å². The summed E-state index contributed by atoms with van der Waals surface area (Å²) in [6.07, 6.45) is -4.16. The smallest absolute Gasteiger partial charge is 0.366 e. The highest BCUT2D eigenvalue weighted by molar-refractivity contribution is 6.02. The molecule has 24 heavy (non-hydrogen) atoms. The van der Waals surface area contributed by atoms with Gasteiger partial charge in [0.1, 0.15) is 5.92 Å². The first-order chi connectivity index (χ1) is 11.2. The lowest BCUT2D eigenvalue weighted by Crippen LogP contribution is -2.31. The summed E-state index contributed by atoms with van der Waals surface area (Å²) in [5.74, 6) is -3.66. The fourth-order valence-corrected chi connectivity index (χ4v) is 3.39. The molecule has 1 aliphatic heterocycles. The van der Waals surface area contributed by atoms with E-state index in [4.69, 9.17) is 5.73 Å². The maximum Gasteiger partial charge on any atom is 0.398 e. The van der Waals surface area contributed by atoms with E-state index < -0.39 is 23.8 Å². The average Bonchev–Trinajstić information content (AvgIpc) is 2.99. The van der Waals surface area contributed by atoms with Crippen molar-refractivity contribution < 1.29 is 22.8 Å². The number of ketones is 1. The number of primary amides is 1. The third-order valence-electron chi connectivity index (χ3n) is 4.63. The maximum absolute atomic E-state index is 13.1. The lowest BCUT2D eigenvalue weighted by Gasteiger charge is -2.22. The molecule has 132 valence electrons. The van der Waals surface area contributed by atoms with Crippen LogP contribution in [-0.4, -0.2) is 31.0 Å². The van der Waals surface area contributed by atoms with E-state index >= 15 is 0 Å². The number of nitrogens with two attached hydrogens (primary N) is 1. The Kier molecular flexibility index (Phi) is 5.32. The van der Waals surface area contributed by atoms with Crippen molar-refractivity contribution in [2.75, 3.05) is 13.1 Å². The molecule has 1 aliphatic rings. The van der Waals surface area contributed by atoms with Crippen LogP contribution in [0, 0.1) is 12.8 Å². The van der Waals surface area contributed by atoms with E-state index in [9.17, 15) is 22.8 Å². The van der Waals surface area contributed by atoms with Gasteiger partial charge in [0, 0.05) is 17.7 Å². The number of hydrogen-bond acceptors (Lipinski definition) is 3. The highest BCUT2D eigenvalue weighted by Crippen LogP contribution is 2.35. The second-order valence-corrected chi connectivity index (χ2v) is 6.12. The minimum Gasteiger partial charge on any atom is -0.366 e. The molecule has 1 heterocycles. The Morgan fingerprint density at radius 1 is 1.33 bits per heavy atom. The summed E-state index contributed by atoms with van der Waals surface area (Å²) in [5.41, 5.74) is 6.72. The first-order valence-corrected chi connectivity index (χ1v) is 7.93. The van der Waals surface area contributed by atoms with Crippen molar-refractivity contribution in [1.82, 2.24) is 5.32 Å². The van der Waals surface area contributed by atoms with Crippen LogP contribution in [0.15, 0.2) is 12.1 Å². The van der Waals surface area contributed by atoms with Gasteiger partial charge in [-0.25, -0.2) is 0 Å². The van der Waals surface area contributed by atoms with Crippen LogP contribution in [0.1, 0.15) is 57.5 Å². The number of carbonyl (C=O) groups excluding carboxylic acids is 2. The van der Waals surface area contributed by atoms with Gasteiger partial charge in [0.15, 0.2) is 5.78 Å². The van der Waals surface area contributed by atoms with Gasteiger partial charge in [0.25, 0.3) is 0 Å². The van der Waals surface area contributed by atoms with E-state index in [1.807, 2.05) is 0 Å². The van der Waals surface area contributed by atoms with Crippen LogP contribution < -0.4 is 11.1 Å². The summed E-state index contributed by atoms with van der Waals surface area (Å²) >= 11 is 0. The van der Waals surface area contributed by atoms with Crippen molar-refractivity contribution >= 4 is 11.7 Å². The molecule has 1 amide bonds. The molecule has 3 N–H and O–H groups in total. The van der Waals surface area contributed by atoms with Crippen LogP contribution in [0.4, 0.5) is 13.2 Å². The Balaban J connectivity index is 2.54. The van der Waals surface area contributed by atoms with Crippen LogP contribution in [0.25, 0.3) is 0 Å². The molecule has 1 saturated heterocycles. The van der Waals surface area contributed by atoms with Gasteiger partial charge in [0.05, 0.1) is 0 Å². The Hall–Kier alpha value is -1.89.